The van der Waals surface area contributed by atoms with Gasteiger partial charge in [0.25, 0.3) is 0 Å². The third-order valence-corrected chi connectivity index (χ3v) is 3.29. The van der Waals surface area contributed by atoms with E-state index in [4.69, 9.17) is 34.1 Å². The minimum atomic E-state index is -3.95. The summed E-state index contributed by atoms with van der Waals surface area (Å²) in [6.45, 7) is 0. The van der Waals surface area contributed by atoms with Crippen LogP contribution in [-0.2, 0) is 10.0 Å². The van der Waals surface area contributed by atoms with E-state index in [1.807, 2.05) is 0 Å². The average Bonchev–Trinajstić information content (AvgIpc) is 2.06. The predicted molar refractivity (Wildman–Crippen MR) is 56.4 cm³/mol. The van der Waals surface area contributed by atoms with Gasteiger partial charge in [0.05, 0.1) is 20.5 Å². The van der Waals surface area contributed by atoms with Crippen molar-refractivity contribution in [2.24, 2.45) is 10.9 Å². The fraction of sp³-hybridized carbons (Fsp3) is 0. The van der Waals surface area contributed by atoms with Gasteiger partial charge in [0, 0.05) is 0 Å². The van der Waals surface area contributed by atoms with E-state index in [9.17, 15) is 13.2 Å². The summed E-state index contributed by atoms with van der Waals surface area (Å²) in [5, 5.41) is 4.66. The van der Waals surface area contributed by atoms with Gasteiger partial charge < -0.3 is 5.73 Å². The molecule has 0 radical (unpaired) electrons. The number of hydrogen-bond acceptors (Lipinski definition) is 3. The van der Waals surface area contributed by atoms with Crippen LogP contribution < -0.4 is 10.9 Å². The van der Waals surface area contributed by atoms with Crippen molar-refractivity contribution in [2.75, 3.05) is 0 Å². The van der Waals surface area contributed by atoms with Gasteiger partial charge in [-0.1, -0.05) is 23.2 Å². The van der Waals surface area contributed by atoms with Crippen molar-refractivity contribution in [3.8, 4) is 0 Å². The quantitative estimate of drug-likeness (QED) is 0.827. The Hall–Kier alpha value is -0.820. The van der Waals surface area contributed by atoms with Crippen LogP contribution in [0.4, 0.5) is 0 Å². The van der Waals surface area contributed by atoms with Gasteiger partial charge in [0.1, 0.15) is 0 Å². The second-order valence-corrected chi connectivity index (χ2v) is 5.02. The minimum absolute atomic E-state index is 0.100. The molecule has 15 heavy (non-hydrogen) atoms. The van der Waals surface area contributed by atoms with Crippen LogP contribution in [0.15, 0.2) is 17.0 Å². The lowest BCUT2D eigenvalue weighted by Gasteiger charge is -2.05. The second-order valence-electron chi connectivity index (χ2n) is 2.68. The number of halogens is 2. The molecule has 0 aromatic heterocycles. The highest BCUT2D eigenvalue weighted by atomic mass is 35.5. The number of rotatable bonds is 2. The normalized spacial score (nSPS) is 11.4. The standard InChI is InChI=1S/C7H6Cl2N2O3S/c8-5-2-3(15(11,13)14)1-4(6(5)9)7(10)12/h1-2H,(H2,10,12)(H2,11,13,14). The van der Waals surface area contributed by atoms with Gasteiger partial charge in [0.2, 0.25) is 15.9 Å². The molecular formula is C7H6Cl2N2O3S. The van der Waals surface area contributed by atoms with Gasteiger partial charge in [-0.3, -0.25) is 4.79 Å². The topological polar surface area (TPSA) is 103 Å². The lowest BCUT2D eigenvalue weighted by molar-refractivity contribution is 0.1000. The highest BCUT2D eigenvalue weighted by molar-refractivity contribution is 7.89. The molecule has 0 aliphatic rings. The lowest BCUT2D eigenvalue weighted by atomic mass is 10.2. The molecule has 0 heterocycles. The Morgan fingerprint density at radius 3 is 2.20 bits per heavy atom. The Morgan fingerprint density at radius 2 is 1.80 bits per heavy atom. The van der Waals surface area contributed by atoms with Crippen LogP contribution in [-0.4, -0.2) is 14.3 Å². The smallest absolute Gasteiger partial charge is 0.250 e. The first-order valence-electron chi connectivity index (χ1n) is 3.55. The number of amides is 1. The van der Waals surface area contributed by atoms with Gasteiger partial charge in [-0.05, 0) is 12.1 Å². The van der Waals surface area contributed by atoms with E-state index >= 15 is 0 Å². The number of primary sulfonamides is 1. The molecule has 1 aromatic carbocycles. The van der Waals surface area contributed by atoms with Crippen molar-refractivity contribution < 1.29 is 13.2 Å². The first kappa shape index (κ1) is 12.3. The summed E-state index contributed by atoms with van der Waals surface area (Å²) in [7, 11) is -3.95. The predicted octanol–water partition coefficient (Wildman–Crippen LogP) is 0.740. The SMILES string of the molecule is NC(=O)c1cc(S(N)(=O)=O)cc(Cl)c1Cl. The fourth-order valence-electron chi connectivity index (χ4n) is 0.908. The van der Waals surface area contributed by atoms with Crippen molar-refractivity contribution >= 4 is 39.1 Å². The Morgan fingerprint density at radius 1 is 1.27 bits per heavy atom. The number of benzene rings is 1. The van der Waals surface area contributed by atoms with Crippen LogP contribution in [0.2, 0.25) is 10.0 Å². The maximum absolute atomic E-state index is 11.0. The molecule has 8 heteroatoms. The Bertz CT molecular complexity index is 527. The zero-order chi connectivity index (χ0) is 11.8. The molecule has 0 bridgehead atoms. The zero-order valence-corrected chi connectivity index (χ0v) is 9.53. The molecule has 0 spiro atoms. The molecule has 0 saturated heterocycles. The summed E-state index contributed by atoms with van der Waals surface area (Å²) in [6.07, 6.45) is 0. The van der Waals surface area contributed by atoms with E-state index < -0.39 is 15.9 Å². The van der Waals surface area contributed by atoms with Crippen molar-refractivity contribution in [1.82, 2.24) is 0 Å². The second kappa shape index (κ2) is 3.97. The monoisotopic (exact) mass is 268 g/mol. The molecule has 1 rings (SSSR count). The molecule has 1 amide bonds. The first-order chi connectivity index (χ1) is 6.73. The number of nitrogens with two attached hydrogens (primary N) is 2. The molecule has 0 fully saturated rings. The lowest BCUT2D eigenvalue weighted by Crippen LogP contribution is -2.16. The highest BCUT2D eigenvalue weighted by Crippen LogP contribution is 2.28. The van der Waals surface area contributed by atoms with Gasteiger partial charge in [-0.25, -0.2) is 13.6 Å². The molecule has 1 aromatic rings. The molecule has 82 valence electrons. The number of sulfonamides is 1. The van der Waals surface area contributed by atoms with Gasteiger partial charge in [0.15, 0.2) is 0 Å². The van der Waals surface area contributed by atoms with Crippen LogP contribution in [0.5, 0.6) is 0 Å². The third kappa shape index (κ3) is 2.60. The minimum Gasteiger partial charge on any atom is -0.366 e. The number of carbonyl (C=O) groups is 1. The summed E-state index contributed by atoms with van der Waals surface area (Å²) in [5.74, 6) is -0.882. The van der Waals surface area contributed by atoms with E-state index in [-0.39, 0.29) is 20.5 Å². The van der Waals surface area contributed by atoms with Crippen molar-refractivity contribution in [3.63, 3.8) is 0 Å². The van der Waals surface area contributed by atoms with Crippen LogP contribution in [0.25, 0.3) is 0 Å². The molecule has 0 unspecified atom stereocenters. The third-order valence-electron chi connectivity index (χ3n) is 1.60. The summed E-state index contributed by atoms with van der Waals surface area (Å²) < 4.78 is 22.0. The van der Waals surface area contributed by atoms with Crippen molar-refractivity contribution in [2.45, 2.75) is 4.90 Å². The van der Waals surface area contributed by atoms with Gasteiger partial charge >= 0.3 is 0 Å². The van der Waals surface area contributed by atoms with Crippen LogP contribution >= 0.6 is 23.2 Å². The largest absolute Gasteiger partial charge is 0.366 e. The van der Waals surface area contributed by atoms with Crippen LogP contribution in [0.1, 0.15) is 10.4 Å². The van der Waals surface area contributed by atoms with Crippen LogP contribution in [0.3, 0.4) is 0 Å². The summed E-state index contributed by atoms with van der Waals surface area (Å²) in [6, 6.07) is 2.03. The number of primary amides is 1. The number of carbonyl (C=O) groups excluding carboxylic acids is 1. The average molecular weight is 269 g/mol. The maximum Gasteiger partial charge on any atom is 0.250 e. The van der Waals surface area contributed by atoms with E-state index in [0.29, 0.717) is 0 Å². The fourth-order valence-corrected chi connectivity index (χ4v) is 1.96. The molecule has 4 N–H and O–H groups in total. The first-order valence-corrected chi connectivity index (χ1v) is 5.85. The maximum atomic E-state index is 11.0. The van der Waals surface area contributed by atoms with E-state index in [1.165, 1.54) is 0 Å². The van der Waals surface area contributed by atoms with Crippen molar-refractivity contribution in [1.29, 1.82) is 0 Å². The molecule has 0 saturated carbocycles. The van der Waals surface area contributed by atoms with Gasteiger partial charge in [-0.2, -0.15) is 0 Å². The van der Waals surface area contributed by atoms with E-state index in [1.54, 1.807) is 0 Å². The summed E-state index contributed by atoms with van der Waals surface area (Å²) in [4.78, 5) is 10.6. The number of hydrogen-bond donors (Lipinski definition) is 2. The molecule has 5 nitrogen and oxygen atoms in total. The van der Waals surface area contributed by atoms with Gasteiger partial charge in [-0.15, -0.1) is 0 Å². The zero-order valence-electron chi connectivity index (χ0n) is 7.20. The Kier molecular flexibility index (Phi) is 3.25. The van der Waals surface area contributed by atoms with Crippen LogP contribution in [0, 0.1) is 0 Å². The summed E-state index contributed by atoms with van der Waals surface area (Å²) in [5.41, 5.74) is 4.79. The molecule has 0 aliphatic carbocycles. The summed E-state index contributed by atoms with van der Waals surface area (Å²) >= 11 is 11.3. The van der Waals surface area contributed by atoms with Crippen molar-refractivity contribution in [3.05, 3.63) is 27.7 Å². The Labute approximate surface area is 96.0 Å². The molecular weight excluding hydrogens is 263 g/mol. The molecule has 0 atom stereocenters. The molecule has 0 aliphatic heterocycles. The Balaban J connectivity index is 3.57. The highest BCUT2D eigenvalue weighted by Gasteiger charge is 2.17. The van der Waals surface area contributed by atoms with E-state index in [0.717, 1.165) is 12.1 Å². The van der Waals surface area contributed by atoms with E-state index in [2.05, 4.69) is 0 Å².